The van der Waals surface area contributed by atoms with E-state index in [0.29, 0.717) is 21.3 Å². The Kier molecular flexibility index (Phi) is 8.06. The minimum absolute atomic E-state index is 0.0195. The minimum Gasteiger partial charge on any atom is -0.298 e. The van der Waals surface area contributed by atoms with Gasteiger partial charge in [-0.25, -0.2) is 18.4 Å². The molecule has 3 aromatic rings. The Morgan fingerprint density at radius 1 is 1.15 bits per heavy atom. The van der Waals surface area contributed by atoms with E-state index in [1.165, 1.54) is 24.5 Å². The number of aryl methyl sites for hydroxylation is 1. The lowest BCUT2D eigenvalue weighted by Gasteiger charge is -2.24. The van der Waals surface area contributed by atoms with Gasteiger partial charge in [0, 0.05) is 29.9 Å². The zero-order chi connectivity index (χ0) is 25.1. The number of ketones is 1. The Bertz CT molecular complexity index is 1260. The Balaban J connectivity index is 1.67. The van der Waals surface area contributed by atoms with Crippen molar-refractivity contribution in [3.05, 3.63) is 58.6 Å². The third-order valence-corrected chi connectivity index (χ3v) is 8.47. The molecule has 0 N–H and O–H groups in total. The van der Waals surface area contributed by atoms with Gasteiger partial charge in [-0.1, -0.05) is 11.6 Å². The van der Waals surface area contributed by atoms with E-state index in [2.05, 4.69) is 15.0 Å². The molecule has 0 saturated heterocycles. The zero-order valence-electron chi connectivity index (χ0n) is 18.1. The van der Waals surface area contributed by atoms with Crippen LogP contribution in [0.2, 0.25) is 4.34 Å². The third kappa shape index (κ3) is 6.38. The molecule has 0 amide bonds. The van der Waals surface area contributed by atoms with Gasteiger partial charge in [0.25, 0.3) is 10.0 Å². The normalized spacial score (nSPS) is 12.5. The number of halogens is 4. The number of pyridine rings is 1. The second-order valence-electron chi connectivity index (χ2n) is 7.57. The molecule has 0 aliphatic heterocycles. The maximum absolute atomic E-state index is 12.9. The molecule has 182 valence electrons. The van der Waals surface area contributed by atoms with Gasteiger partial charge in [-0.3, -0.25) is 9.78 Å². The second-order valence-corrected chi connectivity index (χ2v) is 11.4. The fourth-order valence-electron chi connectivity index (χ4n) is 3.02. The van der Waals surface area contributed by atoms with E-state index in [9.17, 15) is 26.4 Å². The summed E-state index contributed by atoms with van der Waals surface area (Å²) in [5, 5.41) is 0. The standard InChI is InChI=1S/C21H20ClF3N4O3S2/c1-13(2)29(34(31,32)20-8-7-19(22)33-20)11-16(30)5-4-15-9-17(28-12-27-15)14-3-6-18(26-10-14)21(23,24)25/h3,6-10,12-13H,4-5,11H2,1-2H3. The SMILES string of the molecule is CC(C)N(CC(=O)CCc1cc(-c2ccc(C(F)(F)F)nc2)ncn1)S(=O)(=O)c1ccc(Cl)s1. The molecule has 13 heteroatoms. The van der Waals surface area contributed by atoms with E-state index in [1.807, 2.05) is 0 Å². The average molecular weight is 533 g/mol. The number of aromatic nitrogens is 3. The number of sulfonamides is 1. The molecule has 0 aromatic carbocycles. The first-order valence-electron chi connectivity index (χ1n) is 10.0. The van der Waals surface area contributed by atoms with Crippen LogP contribution in [-0.2, 0) is 27.4 Å². The Morgan fingerprint density at radius 2 is 1.88 bits per heavy atom. The molecule has 0 aliphatic carbocycles. The second kappa shape index (κ2) is 10.5. The van der Waals surface area contributed by atoms with Gasteiger partial charge >= 0.3 is 6.18 Å². The maximum atomic E-state index is 12.9. The number of nitrogens with zero attached hydrogens (tertiary/aromatic N) is 4. The maximum Gasteiger partial charge on any atom is 0.433 e. The molecule has 3 aromatic heterocycles. The van der Waals surface area contributed by atoms with Crippen LogP contribution >= 0.6 is 22.9 Å². The lowest BCUT2D eigenvalue weighted by molar-refractivity contribution is -0.141. The van der Waals surface area contributed by atoms with Gasteiger partial charge < -0.3 is 0 Å². The Labute approximate surface area is 203 Å². The monoisotopic (exact) mass is 532 g/mol. The van der Waals surface area contributed by atoms with Crippen LogP contribution < -0.4 is 0 Å². The van der Waals surface area contributed by atoms with Crippen molar-refractivity contribution in [3.63, 3.8) is 0 Å². The molecule has 3 heterocycles. The van der Waals surface area contributed by atoms with E-state index in [0.717, 1.165) is 27.9 Å². The average Bonchev–Trinajstić information content (AvgIpc) is 3.22. The Hall–Kier alpha value is -2.41. The number of hydrogen-bond acceptors (Lipinski definition) is 7. The first-order valence-corrected chi connectivity index (χ1v) is 12.6. The first kappa shape index (κ1) is 26.2. The fourth-order valence-corrected chi connectivity index (χ4v) is 6.25. The smallest absolute Gasteiger partial charge is 0.298 e. The van der Waals surface area contributed by atoms with Crippen LogP contribution in [0.5, 0.6) is 0 Å². The highest BCUT2D eigenvalue weighted by Crippen LogP contribution is 2.30. The van der Waals surface area contributed by atoms with E-state index in [4.69, 9.17) is 11.6 Å². The molecule has 0 unspecified atom stereocenters. The summed E-state index contributed by atoms with van der Waals surface area (Å²) in [6, 6.07) is 6.12. The van der Waals surface area contributed by atoms with Gasteiger partial charge in [0.1, 0.15) is 22.0 Å². The lowest BCUT2D eigenvalue weighted by atomic mass is 10.1. The summed E-state index contributed by atoms with van der Waals surface area (Å²) >= 11 is 6.78. The molecule has 0 bridgehead atoms. The van der Waals surface area contributed by atoms with Crippen LogP contribution in [0.4, 0.5) is 13.2 Å². The zero-order valence-corrected chi connectivity index (χ0v) is 20.5. The topological polar surface area (TPSA) is 93.1 Å². The molecule has 0 fully saturated rings. The summed E-state index contributed by atoms with van der Waals surface area (Å²) in [5.74, 6) is -0.309. The quantitative estimate of drug-likeness (QED) is 0.390. The summed E-state index contributed by atoms with van der Waals surface area (Å²) in [5.41, 5.74) is 0.210. The van der Waals surface area contributed by atoms with E-state index in [-0.39, 0.29) is 29.4 Å². The van der Waals surface area contributed by atoms with Crippen LogP contribution in [0.1, 0.15) is 31.7 Å². The molecule has 0 radical (unpaired) electrons. The van der Waals surface area contributed by atoms with Crippen LogP contribution in [-0.4, -0.2) is 46.0 Å². The molecule has 3 rings (SSSR count). The highest BCUT2D eigenvalue weighted by molar-refractivity contribution is 7.91. The number of Topliss-reactive ketones (excluding diaryl/α,β-unsaturated/α-hetero) is 1. The van der Waals surface area contributed by atoms with Crippen molar-refractivity contribution < 1.29 is 26.4 Å². The number of thiophene rings is 1. The van der Waals surface area contributed by atoms with Crippen molar-refractivity contribution in [1.82, 2.24) is 19.3 Å². The highest BCUT2D eigenvalue weighted by Gasteiger charge is 2.32. The summed E-state index contributed by atoms with van der Waals surface area (Å²) in [6.07, 6.45) is -1.99. The highest BCUT2D eigenvalue weighted by atomic mass is 35.5. The number of carbonyl (C=O) groups excluding carboxylic acids is 1. The number of carbonyl (C=O) groups is 1. The van der Waals surface area contributed by atoms with Gasteiger partial charge in [0.2, 0.25) is 0 Å². The summed E-state index contributed by atoms with van der Waals surface area (Å²) in [4.78, 5) is 24.2. The van der Waals surface area contributed by atoms with Gasteiger partial charge in [0.15, 0.2) is 0 Å². The predicted octanol–water partition coefficient (Wildman–Crippen LogP) is 4.87. The van der Waals surface area contributed by atoms with E-state index < -0.39 is 27.9 Å². The largest absolute Gasteiger partial charge is 0.433 e. The molecular weight excluding hydrogens is 513 g/mol. The van der Waals surface area contributed by atoms with Gasteiger partial charge in [0.05, 0.1) is 16.6 Å². The summed E-state index contributed by atoms with van der Waals surface area (Å²) in [7, 11) is -3.88. The van der Waals surface area contributed by atoms with Crippen LogP contribution in [0.15, 0.2) is 47.1 Å². The van der Waals surface area contributed by atoms with Crippen molar-refractivity contribution in [2.75, 3.05) is 6.54 Å². The molecule has 7 nitrogen and oxygen atoms in total. The van der Waals surface area contributed by atoms with Crippen molar-refractivity contribution in [2.45, 2.75) is 43.1 Å². The first-order chi connectivity index (χ1) is 15.9. The Morgan fingerprint density at radius 3 is 2.44 bits per heavy atom. The van der Waals surface area contributed by atoms with Crippen LogP contribution in [0.3, 0.4) is 0 Å². The number of hydrogen-bond donors (Lipinski definition) is 0. The molecule has 0 atom stereocenters. The molecule has 0 saturated carbocycles. The summed E-state index contributed by atoms with van der Waals surface area (Å²) in [6.45, 7) is 3.04. The van der Waals surface area contributed by atoms with Crippen molar-refractivity contribution in [1.29, 1.82) is 0 Å². The van der Waals surface area contributed by atoms with Gasteiger partial charge in [-0.2, -0.15) is 17.5 Å². The molecule has 0 aliphatic rings. The number of alkyl halides is 3. The molecule has 0 spiro atoms. The molecule has 34 heavy (non-hydrogen) atoms. The van der Waals surface area contributed by atoms with Crippen molar-refractivity contribution >= 4 is 38.7 Å². The van der Waals surface area contributed by atoms with Crippen LogP contribution in [0, 0.1) is 0 Å². The third-order valence-electron chi connectivity index (χ3n) is 4.75. The fraction of sp³-hybridized carbons (Fsp3) is 0.333. The predicted molar refractivity (Wildman–Crippen MR) is 122 cm³/mol. The van der Waals surface area contributed by atoms with E-state index >= 15 is 0 Å². The minimum atomic E-state index is -4.54. The van der Waals surface area contributed by atoms with Crippen LogP contribution in [0.25, 0.3) is 11.3 Å². The van der Waals surface area contributed by atoms with Crippen molar-refractivity contribution in [2.24, 2.45) is 0 Å². The molecular formula is C21H20ClF3N4O3S2. The lowest BCUT2D eigenvalue weighted by Crippen LogP contribution is -2.40. The summed E-state index contributed by atoms with van der Waals surface area (Å²) < 4.78 is 65.5. The number of rotatable bonds is 9. The van der Waals surface area contributed by atoms with Crippen molar-refractivity contribution in [3.8, 4) is 11.3 Å². The van der Waals surface area contributed by atoms with Gasteiger partial charge in [-0.15, -0.1) is 11.3 Å². The van der Waals surface area contributed by atoms with E-state index in [1.54, 1.807) is 19.9 Å². The van der Waals surface area contributed by atoms with Gasteiger partial charge in [-0.05, 0) is 50.6 Å².